The molecular formula is C22H21F4N5O2. The maximum Gasteiger partial charge on any atom is 0.573 e. The number of anilines is 3. The Bertz CT molecular complexity index is 1100. The number of hydrogen-bond acceptors (Lipinski definition) is 7. The second-order valence-corrected chi connectivity index (χ2v) is 7.71. The van der Waals surface area contributed by atoms with Crippen LogP contribution in [0.15, 0.2) is 48.8 Å². The third-order valence-corrected chi connectivity index (χ3v) is 4.92. The van der Waals surface area contributed by atoms with Crippen molar-refractivity contribution in [3.05, 3.63) is 54.6 Å². The monoisotopic (exact) mass is 463 g/mol. The Balaban J connectivity index is 1.53. The fourth-order valence-corrected chi connectivity index (χ4v) is 3.63. The predicted octanol–water partition coefficient (Wildman–Crippen LogP) is 4.93. The summed E-state index contributed by atoms with van der Waals surface area (Å²) in [7, 11) is 0. The van der Waals surface area contributed by atoms with E-state index in [0.29, 0.717) is 30.0 Å². The minimum atomic E-state index is -4.76. The molecule has 0 spiro atoms. The Hall–Kier alpha value is -3.47. The lowest BCUT2D eigenvalue weighted by molar-refractivity contribution is -0.274. The molecule has 1 aliphatic rings. The van der Waals surface area contributed by atoms with Gasteiger partial charge in [-0.15, -0.1) is 18.3 Å². The van der Waals surface area contributed by atoms with E-state index in [2.05, 4.69) is 25.2 Å². The standard InChI is InChI=1S/C22H21F4N5O2/c1-13-11-31(12-14(2)32-13)21-8-19(18(23)10-27-21)29-20-7-16(9-28-30-20)15-3-5-17(6-4-15)33-22(24,25)26/h3-10,13-14H,11-12H2,1-2H3,(H,27,29,30)/t13-,14+. The highest BCUT2D eigenvalue weighted by Gasteiger charge is 2.31. The maximum atomic E-state index is 14.5. The zero-order chi connectivity index (χ0) is 23.6. The molecule has 2 atom stereocenters. The van der Waals surface area contributed by atoms with Crippen LogP contribution in [0.1, 0.15) is 13.8 Å². The van der Waals surface area contributed by atoms with E-state index in [1.165, 1.54) is 30.5 Å². The van der Waals surface area contributed by atoms with E-state index in [4.69, 9.17) is 4.74 Å². The fourth-order valence-electron chi connectivity index (χ4n) is 3.63. The number of morpholine rings is 1. The molecule has 2 aromatic heterocycles. The molecule has 33 heavy (non-hydrogen) atoms. The number of ether oxygens (including phenoxy) is 2. The number of pyridine rings is 1. The van der Waals surface area contributed by atoms with E-state index in [1.54, 1.807) is 12.1 Å². The Morgan fingerprint density at radius 2 is 1.73 bits per heavy atom. The Labute approximate surface area is 187 Å². The smallest absolute Gasteiger partial charge is 0.406 e. The van der Waals surface area contributed by atoms with Crippen LogP contribution in [0.4, 0.5) is 34.9 Å². The summed E-state index contributed by atoms with van der Waals surface area (Å²) in [6.45, 7) is 5.19. The van der Waals surface area contributed by atoms with E-state index >= 15 is 0 Å². The summed E-state index contributed by atoms with van der Waals surface area (Å²) in [6.07, 6.45) is -2.13. The lowest BCUT2D eigenvalue weighted by Crippen LogP contribution is -2.45. The van der Waals surface area contributed by atoms with Crippen molar-refractivity contribution in [1.82, 2.24) is 15.2 Å². The number of rotatable bonds is 5. The van der Waals surface area contributed by atoms with Gasteiger partial charge in [0.2, 0.25) is 0 Å². The van der Waals surface area contributed by atoms with Gasteiger partial charge >= 0.3 is 6.36 Å². The summed E-state index contributed by atoms with van der Waals surface area (Å²) >= 11 is 0. The second kappa shape index (κ2) is 9.18. The van der Waals surface area contributed by atoms with E-state index in [1.807, 2.05) is 18.7 Å². The number of alkyl halides is 3. The first-order valence-corrected chi connectivity index (χ1v) is 10.2. The van der Waals surface area contributed by atoms with Crippen LogP contribution < -0.4 is 15.0 Å². The van der Waals surface area contributed by atoms with Crippen molar-refractivity contribution in [3.8, 4) is 16.9 Å². The number of benzene rings is 1. The minimum Gasteiger partial charge on any atom is -0.406 e. The number of halogens is 4. The first kappa shape index (κ1) is 22.7. The van der Waals surface area contributed by atoms with Gasteiger partial charge in [0.25, 0.3) is 0 Å². The van der Waals surface area contributed by atoms with Gasteiger partial charge in [0.1, 0.15) is 11.6 Å². The van der Waals surface area contributed by atoms with Gasteiger partial charge in [-0.25, -0.2) is 9.37 Å². The summed E-state index contributed by atoms with van der Waals surface area (Å²) in [5.74, 6) is -0.0214. The molecule has 3 heterocycles. The summed E-state index contributed by atoms with van der Waals surface area (Å²) < 4.78 is 61.1. The molecule has 1 aromatic carbocycles. The quantitative estimate of drug-likeness (QED) is 0.538. The predicted molar refractivity (Wildman–Crippen MR) is 114 cm³/mol. The lowest BCUT2D eigenvalue weighted by Gasteiger charge is -2.36. The Morgan fingerprint density at radius 3 is 2.39 bits per heavy atom. The van der Waals surface area contributed by atoms with E-state index in [0.717, 1.165) is 6.20 Å². The molecule has 0 unspecified atom stereocenters. The molecule has 1 fully saturated rings. The van der Waals surface area contributed by atoms with Crippen LogP contribution >= 0.6 is 0 Å². The van der Waals surface area contributed by atoms with Crippen LogP contribution in [-0.2, 0) is 4.74 Å². The van der Waals surface area contributed by atoms with Crippen molar-refractivity contribution >= 4 is 17.3 Å². The molecular weight excluding hydrogens is 442 g/mol. The normalized spacial score (nSPS) is 18.8. The molecule has 4 rings (SSSR count). The van der Waals surface area contributed by atoms with Gasteiger partial charge in [0.15, 0.2) is 11.6 Å². The lowest BCUT2D eigenvalue weighted by atomic mass is 10.1. The minimum absolute atomic E-state index is 0.0208. The van der Waals surface area contributed by atoms with Gasteiger partial charge < -0.3 is 19.7 Å². The molecule has 1 aliphatic heterocycles. The number of hydrogen-bond donors (Lipinski definition) is 1. The molecule has 0 radical (unpaired) electrons. The number of nitrogens with zero attached hydrogens (tertiary/aromatic N) is 4. The molecule has 174 valence electrons. The van der Waals surface area contributed by atoms with Crippen molar-refractivity contribution < 1.29 is 27.0 Å². The molecule has 0 amide bonds. The summed E-state index contributed by atoms with van der Waals surface area (Å²) in [5.41, 5.74) is 1.35. The van der Waals surface area contributed by atoms with Crippen molar-refractivity contribution in [2.75, 3.05) is 23.3 Å². The number of nitrogens with one attached hydrogen (secondary N) is 1. The molecule has 11 heteroatoms. The summed E-state index contributed by atoms with van der Waals surface area (Å²) in [4.78, 5) is 6.22. The SMILES string of the molecule is C[C@@H]1CN(c2cc(Nc3cc(-c4ccc(OC(F)(F)F)cc4)cnn3)c(F)cn2)C[C@H](C)O1. The average molecular weight is 463 g/mol. The van der Waals surface area contributed by atoms with Crippen LogP contribution in [0, 0.1) is 5.82 Å². The third-order valence-electron chi connectivity index (χ3n) is 4.92. The zero-order valence-corrected chi connectivity index (χ0v) is 17.8. The topological polar surface area (TPSA) is 72.4 Å². The van der Waals surface area contributed by atoms with Gasteiger partial charge in [0, 0.05) is 24.7 Å². The van der Waals surface area contributed by atoms with Gasteiger partial charge in [-0.05, 0) is 37.6 Å². The van der Waals surface area contributed by atoms with E-state index in [-0.39, 0.29) is 29.5 Å². The van der Waals surface area contributed by atoms with Crippen molar-refractivity contribution in [2.24, 2.45) is 0 Å². The zero-order valence-electron chi connectivity index (χ0n) is 17.8. The van der Waals surface area contributed by atoms with Crippen LogP contribution in [0.5, 0.6) is 5.75 Å². The number of aromatic nitrogens is 3. The third kappa shape index (κ3) is 5.86. The molecule has 0 bridgehead atoms. The first-order valence-electron chi connectivity index (χ1n) is 10.2. The van der Waals surface area contributed by atoms with Crippen LogP contribution in [-0.4, -0.2) is 46.8 Å². The maximum absolute atomic E-state index is 14.5. The highest BCUT2D eigenvalue weighted by molar-refractivity contribution is 5.69. The van der Waals surface area contributed by atoms with Gasteiger partial charge in [-0.1, -0.05) is 12.1 Å². The Kier molecular flexibility index (Phi) is 6.32. The fraction of sp³-hybridized carbons (Fsp3) is 0.318. The molecule has 0 saturated carbocycles. The van der Waals surface area contributed by atoms with Crippen LogP contribution in [0.3, 0.4) is 0 Å². The van der Waals surface area contributed by atoms with Gasteiger partial charge in [0.05, 0.1) is 30.3 Å². The van der Waals surface area contributed by atoms with Gasteiger partial charge in [-0.2, -0.15) is 5.10 Å². The van der Waals surface area contributed by atoms with Crippen LogP contribution in [0.25, 0.3) is 11.1 Å². The molecule has 7 nitrogen and oxygen atoms in total. The van der Waals surface area contributed by atoms with Gasteiger partial charge in [-0.3, -0.25) is 0 Å². The molecule has 1 N–H and O–H groups in total. The van der Waals surface area contributed by atoms with E-state index in [9.17, 15) is 17.6 Å². The second-order valence-electron chi connectivity index (χ2n) is 7.71. The van der Waals surface area contributed by atoms with E-state index < -0.39 is 12.2 Å². The van der Waals surface area contributed by atoms with Crippen molar-refractivity contribution in [1.29, 1.82) is 0 Å². The summed E-state index contributed by atoms with van der Waals surface area (Å²) in [5, 5.41) is 10.8. The highest BCUT2D eigenvalue weighted by atomic mass is 19.4. The average Bonchev–Trinajstić information content (AvgIpc) is 2.74. The van der Waals surface area contributed by atoms with Crippen molar-refractivity contribution in [3.63, 3.8) is 0 Å². The van der Waals surface area contributed by atoms with Crippen LogP contribution in [0.2, 0.25) is 0 Å². The Morgan fingerprint density at radius 1 is 1.03 bits per heavy atom. The summed E-state index contributed by atoms with van der Waals surface area (Å²) in [6, 6.07) is 8.55. The first-order chi connectivity index (χ1) is 15.7. The largest absolute Gasteiger partial charge is 0.573 e. The molecule has 3 aromatic rings. The highest BCUT2D eigenvalue weighted by Crippen LogP contribution is 2.29. The molecule has 1 saturated heterocycles. The molecule has 0 aliphatic carbocycles. The van der Waals surface area contributed by atoms with Crippen molar-refractivity contribution in [2.45, 2.75) is 32.4 Å².